The van der Waals surface area contributed by atoms with Gasteiger partial charge in [-0.25, -0.2) is 9.59 Å². The lowest BCUT2D eigenvalue weighted by Crippen LogP contribution is -2.25. The molecule has 8 nitrogen and oxygen atoms in total. The largest absolute Gasteiger partial charge is 0.508 e. The van der Waals surface area contributed by atoms with E-state index in [1.165, 1.54) is 13.8 Å². The van der Waals surface area contributed by atoms with Crippen LogP contribution in [-0.4, -0.2) is 61.2 Å². The Labute approximate surface area is 142 Å². The highest BCUT2D eigenvalue weighted by Crippen LogP contribution is 2.29. The summed E-state index contributed by atoms with van der Waals surface area (Å²) >= 11 is 0. The van der Waals surface area contributed by atoms with Crippen molar-refractivity contribution in [2.24, 2.45) is 11.8 Å². The summed E-state index contributed by atoms with van der Waals surface area (Å²) in [7, 11) is 0. The second-order valence-electron chi connectivity index (χ2n) is 6.33. The highest BCUT2D eigenvalue weighted by Gasteiger charge is 2.24. The van der Waals surface area contributed by atoms with E-state index in [1.54, 1.807) is 0 Å². The zero-order valence-corrected chi connectivity index (χ0v) is 14.3. The van der Waals surface area contributed by atoms with Gasteiger partial charge >= 0.3 is 12.3 Å². The smallest absolute Gasteiger partial charge is 0.434 e. The van der Waals surface area contributed by atoms with Crippen molar-refractivity contribution in [1.82, 2.24) is 0 Å². The monoisotopic (exact) mass is 348 g/mol. The van der Waals surface area contributed by atoms with Gasteiger partial charge in [0.25, 0.3) is 0 Å². The van der Waals surface area contributed by atoms with Gasteiger partial charge in [0, 0.05) is 0 Å². The third-order valence-corrected chi connectivity index (χ3v) is 3.72. The van der Waals surface area contributed by atoms with Crippen molar-refractivity contribution >= 4 is 12.3 Å². The maximum absolute atomic E-state index is 11.3. The molecular weight excluding hydrogens is 320 g/mol. The number of carbonyl (C=O) groups excluding carboxylic acids is 2. The number of hydrogen-bond acceptors (Lipinski definition) is 8. The van der Waals surface area contributed by atoms with Gasteiger partial charge in [-0.3, -0.25) is 0 Å². The van der Waals surface area contributed by atoms with Crippen LogP contribution in [0.15, 0.2) is 0 Å². The Morgan fingerprint density at radius 2 is 1.12 bits per heavy atom. The van der Waals surface area contributed by atoms with E-state index in [4.69, 9.17) is 29.2 Å². The molecule has 0 aromatic heterocycles. The van der Waals surface area contributed by atoms with Gasteiger partial charge in [0.1, 0.15) is 13.2 Å². The Hall–Kier alpha value is -1.54. The van der Waals surface area contributed by atoms with Gasteiger partial charge in [0.05, 0.1) is 25.4 Å². The zero-order valence-electron chi connectivity index (χ0n) is 14.3. The molecule has 0 radical (unpaired) electrons. The molecule has 1 saturated carbocycles. The Kier molecular flexibility index (Phi) is 9.48. The van der Waals surface area contributed by atoms with Gasteiger partial charge in [-0.05, 0) is 51.4 Å². The third kappa shape index (κ3) is 9.57. The SMILES string of the molecule is CC(O)COC(=O)OCC1CCC(COC(=O)OCC(C)O)CC1. The summed E-state index contributed by atoms with van der Waals surface area (Å²) < 4.78 is 19.5. The number of hydrogen-bond donors (Lipinski definition) is 2. The van der Waals surface area contributed by atoms with E-state index in [1.807, 2.05) is 0 Å². The van der Waals surface area contributed by atoms with Crippen LogP contribution in [0, 0.1) is 11.8 Å². The lowest BCUT2D eigenvalue weighted by Gasteiger charge is -2.27. The summed E-state index contributed by atoms with van der Waals surface area (Å²) in [6, 6.07) is 0. The lowest BCUT2D eigenvalue weighted by molar-refractivity contribution is 0.00374. The molecule has 1 fully saturated rings. The van der Waals surface area contributed by atoms with Crippen molar-refractivity contribution in [3.63, 3.8) is 0 Å². The molecular formula is C16H28O8. The van der Waals surface area contributed by atoms with Gasteiger partial charge < -0.3 is 29.2 Å². The quantitative estimate of drug-likeness (QED) is 0.639. The maximum Gasteiger partial charge on any atom is 0.508 e. The van der Waals surface area contributed by atoms with E-state index in [0.717, 1.165) is 25.7 Å². The molecule has 2 unspecified atom stereocenters. The van der Waals surface area contributed by atoms with Crippen LogP contribution in [0.4, 0.5) is 9.59 Å². The molecule has 1 rings (SSSR count). The number of aliphatic hydroxyl groups excluding tert-OH is 2. The van der Waals surface area contributed by atoms with Gasteiger partial charge in [0.15, 0.2) is 0 Å². The van der Waals surface area contributed by atoms with Crippen molar-refractivity contribution in [2.75, 3.05) is 26.4 Å². The van der Waals surface area contributed by atoms with Crippen molar-refractivity contribution in [3.8, 4) is 0 Å². The van der Waals surface area contributed by atoms with Crippen LogP contribution < -0.4 is 0 Å². The van der Waals surface area contributed by atoms with E-state index < -0.39 is 24.5 Å². The fourth-order valence-electron chi connectivity index (χ4n) is 2.40. The average Bonchev–Trinajstić information content (AvgIpc) is 2.55. The van der Waals surface area contributed by atoms with Crippen LogP contribution in [0.5, 0.6) is 0 Å². The molecule has 0 bridgehead atoms. The van der Waals surface area contributed by atoms with Gasteiger partial charge in [-0.2, -0.15) is 0 Å². The molecule has 0 aromatic rings. The summed E-state index contributed by atoms with van der Waals surface area (Å²) in [6.07, 6.45) is 0.562. The summed E-state index contributed by atoms with van der Waals surface area (Å²) in [5.74, 6) is 0.532. The van der Waals surface area contributed by atoms with Crippen LogP contribution in [0.25, 0.3) is 0 Å². The molecule has 0 aliphatic heterocycles. The summed E-state index contributed by atoms with van der Waals surface area (Å²) in [6.45, 7) is 3.49. The highest BCUT2D eigenvalue weighted by atomic mass is 16.7. The van der Waals surface area contributed by atoms with E-state index in [-0.39, 0.29) is 25.0 Å². The molecule has 8 heteroatoms. The topological polar surface area (TPSA) is 112 Å². The first-order valence-corrected chi connectivity index (χ1v) is 8.32. The molecule has 2 atom stereocenters. The van der Waals surface area contributed by atoms with Crippen LogP contribution in [0.2, 0.25) is 0 Å². The number of rotatable bonds is 8. The van der Waals surface area contributed by atoms with Gasteiger partial charge in [-0.15, -0.1) is 0 Å². The van der Waals surface area contributed by atoms with E-state index >= 15 is 0 Å². The molecule has 0 heterocycles. The highest BCUT2D eigenvalue weighted by molar-refractivity contribution is 5.60. The summed E-state index contributed by atoms with van der Waals surface area (Å²) in [4.78, 5) is 22.6. The molecule has 140 valence electrons. The molecule has 2 N–H and O–H groups in total. The predicted octanol–water partition coefficient (Wildman–Crippen LogP) is 1.86. The number of aliphatic hydroxyl groups is 2. The van der Waals surface area contributed by atoms with Gasteiger partial charge in [-0.1, -0.05) is 0 Å². The van der Waals surface area contributed by atoms with Gasteiger partial charge in [0.2, 0.25) is 0 Å². The van der Waals surface area contributed by atoms with Crippen molar-refractivity contribution in [3.05, 3.63) is 0 Å². The minimum absolute atomic E-state index is 0.0753. The molecule has 0 amide bonds. The number of carbonyl (C=O) groups is 2. The first-order valence-electron chi connectivity index (χ1n) is 8.32. The number of ether oxygens (including phenoxy) is 4. The van der Waals surface area contributed by atoms with Crippen molar-refractivity contribution in [1.29, 1.82) is 0 Å². The van der Waals surface area contributed by atoms with E-state index in [2.05, 4.69) is 0 Å². The predicted molar refractivity (Wildman–Crippen MR) is 83.4 cm³/mol. The minimum atomic E-state index is -0.762. The Morgan fingerprint density at radius 3 is 1.42 bits per heavy atom. The minimum Gasteiger partial charge on any atom is -0.434 e. The second kappa shape index (κ2) is 11.1. The normalized spacial score (nSPS) is 23.0. The zero-order chi connectivity index (χ0) is 17.9. The van der Waals surface area contributed by atoms with Crippen molar-refractivity contribution in [2.45, 2.75) is 51.7 Å². The first-order chi connectivity index (χ1) is 11.4. The molecule has 0 saturated heterocycles. The third-order valence-electron chi connectivity index (χ3n) is 3.72. The Balaban J connectivity index is 2.09. The average molecular weight is 348 g/mol. The molecule has 1 aliphatic carbocycles. The van der Waals surface area contributed by atoms with Crippen LogP contribution >= 0.6 is 0 Å². The van der Waals surface area contributed by atoms with E-state index in [0.29, 0.717) is 13.2 Å². The van der Waals surface area contributed by atoms with E-state index in [9.17, 15) is 9.59 Å². The molecule has 24 heavy (non-hydrogen) atoms. The summed E-state index contributed by atoms with van der Waals surface area (Å²) in [5.41, 5.74) is 0. The molecule has 1 aliphatic rings. The van der Waals surface area contributed by atoms with Crippen LogP contribution in [0.3, 0.4) is 0 Å². The summed E-state index contributed by atoms with van der Waals surface area (Å²) in [5, 5.41) is 18.0. The lowest BCUT2D eigenvalue weighted by atomic mass is 9.83. The Morgan fingerprint density at radius 1 is 0.792 bits per heavy atom. The fourth-order valence-corrected chi connectivity index (χ4v) is 2.40. The first kappa shape index (κ1) is 20.5. The molecule has 0 aromatic carbocycles. The maximum atomic E-state index is 11.3. The standard InChI is InChI=1S/C16H28O8/c1-11(17)7-21-15(19)23-9-13-3-5-14(6-4-13)10-24-16(20)22-8-12(2)18/h11-14,17-18H,3-10H2,1-2H3. The Bertz CT molecular complexity index is 338. The van der Waals surface area contributed by atoms with Crippen molar-refractivity contribution < 1.29 is 38.7 Å². The molecule has 0 spiro atoms. The second-order valence-corrected chi connectivity index (χ2v) is 6.33. The van der Waals surface area contributed by atoms with Crippen LogP contribution in [0.1, 0.15) is 39.5 Å². The fraction of sp³-hybridized carbons (Fsp3) is 0.875. The van der Waals surface area contributed by atoms with Crippen LogP contribution in [-0.2, 0) is 18.9 Å².